The van der Waals surface area contributed by atoms with Crippen molar-refractivity contribution in [3.63, 3.8) is 0 Å². The SMILES string of the molecule is COc1nc(O)cs1. The molecule has 0 radical (unpaired) electrons. The lowest BCUT2D eigenvalue weighted by atomic mass is 10.9. The lowest BCUT2D eigenvalue weighted by Crippen LogP contribution is -1.77. The zero-order valence-electron chi connectivity index (χ0n) is 4.29. The van der Waals surface area contributed by atoms with Crippen molar-refractivity contribution in [2.75, 3.05) is 7.11 Å². The van der Waals surface area contributed by atoms with E-state index in [2.05, 4.69) is 9.72 Å². The van der Waals surface area contributed by atoms with E-state index in [4.69, 9.17) is 5.11 Å². The highest BCUT2D eigenvalue weighted by Gasteiger charge is 1.95. The lowest BCUT2D eigenvalue weighted by Gasteiger charge is -1.84. The van der Waals surface area contributed by atoms with Crippen LogP contribution in [0.1, 0.15) is 0 Å². The number of aromatic hydroxyl groups is 1. The minimum atomic E-state index is 0.0202. The molecule has 8 heavy (non-hydrogen) atoms. The summed E-state index contributed by atoms with van der Waals surface area (Å²) in [5, 5.41) is 10.6. The Balaban J connectivity index is 2.84. The molecule has 1 N–H and O–H groups in total. The summed E-state index contributed by atoms with van der Waals surface area (Å²) in [6.07, 6.45) is 0. The van der Waals surface area contributed by atoms with Crippen LogP contribution in [-0.4, -0.2) is 17.2 Å². The first-order valence-electron chi connectivity index (χ1n) is 2.01. The zero-order valence-corrected chi connectivity index (χ0v) is 5.10. The smallest absolute Gasteiger partial charge is 0.276 e. The molecule has 0 saturated heterocycles. The van der Waals surface area contributed by atoms with Crippen molar-refractivity contribution in [1.82, 2.24) is 4.98 Å². The first-order chi connectivity index (χ1) is 3.83. The van der Waals surface area contributed by atoms with Crippen LogP contribution in [0.15, 0.2) is 5.38 Å². The van der Waals surface area contributed by atoms with Crippen molar-refractivity contribution in [1.29, 1.82) is 0 Å². The second-order valence-corrected chi connectivity index (χ2v) is 2.00. The fourth-order valence-corrected chi connectivity index (χ4v) is 0.844. The van der Waals surface area contributed by atoms with E-state index in [0.29, 0.717) is 5.19 Å². The molecule has 4 heteroatoms. The van der Waals surface area contributed by atoms with Gasteiger partial charge in [0, 0.05) is 0 Å². The van der Waals surface area contributed by atoms with Gasteiger partial charge in [0.05, 0.1) is 12.5 Å². The maximum Gasteiger partial charge on any atom is 0.276 e. The molecule has 0 unspecified atom stereocenters. The first-order valence-corrected chi connectivity index (χ1v) is 2.89. The van der Waals surface area contributed by atoms with Crippen molar-refractivity contribution in [3.05, 3.63) is 5.38 Å². The fourth-order valence-electron chi connectivity index (χ4n) is 0.343. The Labute approximate surface area is 50.6 Å². The van der Waals surface area contributed by atoms with E-state index in [1.54, 1.807) is 0 Å². The second kappa shape index (κ2) is 2.00. The molecule has 0 aliphatic rings. The number of hydrogen-bond donors (Lipinski definition) is 1. The highest BCUT2D eigenvalue weighted by atomic mass is 32.1. The predicted molar refractivity (Wildman–Crippen MR) is 30.3 cm³/mol. The minimum absolute atomic E-state index is 0.0202. The Kier molecular flexibility index (Phi) is 1.34. The molecule has 0 aromatic carbocycles. The van der Waals surface area contributed by atoms with Gasteiger partial charge in [0.25, 0.3) is 5.19 Å². The molecule has 0 fully saturated rings. The van der Waals surface area contributed by atoms with E-state index in [9.17, 15) is 0 Å². The largest absolute Gasteiger partial charge is 0.493 e. The molecule has 0 amide bonds. The van der Waals surface area contributed by atoms with Gasteiger partial charge in [-0.05, 0) is 0 Å². The minimum Gasteiger partial charge on any atom is -0.493 e. The molecule has 0 bridgehead atoms. The van der Waals surface area contributed by atoms with Gasteiger partial charge in [-0.3, -0.25) is 0 Å². The first kappa shape index (κ1) is 5.37. The zero-order chi connectivity index (χ0) is 5.98. The maximum atomic E-state index is 8.60. The standard InChI is InChI=1S/C4H5NO2S/c1-7-4-5-3(6)2-8-4/h2,6H,1H3. The molecule has 1 rings (SSSR count). The topological polar surface area (TPSA) is 42.4 Å². The van der Waals surface area contributed by atoms with Crippen LogP contribution in [0.4, 0.5) is 0 Å². The molecule has 0 saturated carbocycles. The van der Waals surface area contributed by atoms with Crippen LogP contribution >= 0.6 is 11.3 Å². The van der Waals surface area contributed by atoms with Crippen LogP contribution < -0.4 is 4.74 Å². The van der Waals surface area contributed by atoms with E-state index in [0.717, 1.165) is 0 Å². The normalized spacial score (nSPS) is 9.12. The highest BCUT2D eigenvalue weighted by molar-refractivity contribution is 7.11. The van der Waals surface area contributed by atoms with Gasteiger partial charge >= 0.3 is 0 Å². The van der Waals surface area contributed by atoms with Gasteiger partial charge in [-0.25, -0.2) is 0 Å². The van der Waals surface area contributed by atoms with Crippen molar-refractivity contribution in [3.8, 4) is 11.1 Å². The van der Waals surface area contributed by atoms with Gasteiger partial charge in [-0.15, -0.1) is 0 Å². The third-order valence-electron chi connectivity index (χ3n) is 0.646. The number of hydrogen-bond acceptors (Lipinski definition) is 4. The van der Waals surface area contributed by atoms with E-state index in [-0.39, 0.29) is 5.88 Å². The summed E-state index contributed by atoms with van der Waals surface area (Å²) in [5.41, 5.74) is 0. The summed E-state index contributed by atoms with van der Waals surface area (Å²) in [7, 11) is 1.51. The van der Waals surface area contributed by atoms with E-state index in [1.165, 1.54) is 23.8 Å². The third kappa shape index (κ3) is 0.894. The Morgan fingerprint density at radius 3 is 2.88 bits per heavy atom. The number of rotatable bonds is 1. The molecule has 0 aliphatic heterocycles. The van der Waals surface area contributed by atoms with Gasteiger partial charge in [0.2, 0.25) is 5.88 Å². The summed E-state index contributed by atoms with van der Waals surface area (Å²) in [4.78, 5) is 3.58. The Hall–Kier alpha value is -0.770. The Morgan fingerprint density at radius 1 is 1.88 bits per heavy atom. The summed E-state index contributed by atoms with van der Waals surface area (Å²) in [5.74, 6) is 0.0202. The number of aromatic nitrogens is 1. The number of ether oxygens (including phenoxy) is 1. The van der Waals surface area contributed by atoms with Crippen molar-refractivity contribution >= 4 is 11.3 Å². The van der Waals surface area contributed by atoms with Crippen LogP contribution in [0.5, 0.6) is 11.1 Å². The molecule has 1 aromatic heterocycles. The quantitative estimate of drug-likeness (QED) is 0.614. The average Bonchev–Trinajstić information content (AvgIpc) is 2.14. The van der Waals surface area contributed by atoms with Crippen LogP contribution in [0.3, 0.4) is 0 Å². The fraction of sp³-hybridized carbons (Fsp3) is 0.250. The third-order valence-corrected chi connectivity index (χ3v) is 1.43. The molecule has 1 heterocycles. The molecular formula is C4H5NO2S. The number of thiazole rings is 1. The number of methoxy groups -OCH3 is 1. The second-order valence-electron chi connectivity index (χ2n) is 1.18. The predicted octanol–water partition coefficient (Wildman–Crippen LogP) is 0.857. The average molecular weight is 131 g/mol. The number of nitrogens with zero attached hydrogens (tertiary/aromatic N) is 1. The van der Waals surface area contributed by atoms with Gasteiger partial charge in [0.1, 0.15) is 0 Å². The molecule has 0 aliphatic carbocycles. The van der Waals surface area contributed by atoms with Crippen LogP contribution in [0.25, 0.3) is 0 Å². The van der Waals surface area contributed by atoms with Crippen LogP contribution in [-0.2, 0) is 0 Å². The monoisotopic (exact) mass is 131 g/mol. The Bertz CT molecular complexity index is 174. The lowest BCUT2D eigenvalue weighted by molar-refractivity contribution is 0.396. The molecule has 1 aromatic rings. The molecule has 3 nitrogen and oxygen atoms in total. The van der Waals surface area contributed by atoms with Gasteiger partial charge in [-0.2, -0.15) is 4.98 Å². The Morgan fingerprint density at radius 2 is 2.62 bits per heavy atom. The highest BCUT2D eigenvalue weighted by Crippen LogP contribution is 2.20. The van der Waals surface area contributed by atoms with Crippen LogP contribution in [0.2, 0.25) is 0 Å². The summed E-state index contributed by atoms with van der Waals surface area (Å²) in [6, 6.07) is 0. The maximum absolute atomic E-state index is 8.60. The molecule has 0 spiro atoms. The summed E-state index contributed by atoms with van der Waals surface area (Å²) >= 11 is 1.27. The summed E-state index contributed by atoms with van der Waals surface area (Å²) in [6.45, 7) is 0. The van der Waals surface area contributed by atoms with E-state index >= 15 is 0 Å². The van der Waals surface area contributed by atoms with E-state index in [1.807, 2.05) is 0 Å². The summed E-state index contributed by atoms with van der Waals surface area (Å²) < 4.78 is 4.68. The van der Waals surface area contributed by atoms with Gasteiger partial charge in [0.15, 0.2) is 0 Å². The molecular weight excluding hydrogens is 126 g/mol. The molecule has 0 atom stereocenters. The van der Waals surface area contributed by atoms with Gasteiger partial charge in [-0.1, -0.05) is 11.3 Å². The van der Waals surface area contributed by atoms with Crippen molar-refractivity contribution < 1.29 is 9.84 Å². The van der Waals surface area contributed by atoms with Crippen molar-refractivity contribution in [2.24, 2.45) is 0 Å². The van der Waals surface area contributed by atoms with Gasteiger partial charge < -0.3 is 9.84 Å². The van der Waals surface area contributed by atoms with Crippen molar-refractivity contribution in [2.45, 2.75) is 0 Å². The van der Waals surface area contributed by atoms with Crippen LogP contribution in [0, 0.1) is 0 Å². The molecule has 44 valence electrons. The van der Waals surface area contributed by atoms with E-state index < -0.39 is 0 Å².